The van der Waals surface area contributed by atoms with E-state index in [2.05, 4.69) is 0 Å². The van der Waals surface area contributed by atoms with Crippen LogP contribution in [0.15, 0.2) is 48.5 Å². The molecule has 0 aliphatic carbocycles. The van der Waals surface area contributed by atoms with Crippen molar-refractivity contribution in [2.24, 2.45) is 0 Å². The van der Waals surface area contributed by atoms with Crippen LogP contribution >= 0.6 is 0 Å². The molecule has 29 heavy (non-hydrogen) atoms. The Morgan fingerprint density at radius 3 is 2.31 bits per heavy atom. The van der Waals surface area contributed by atoms with Crippen molar-refractivity contribution in [1.82, 2.24) is 9.80 Å². The number of carbonyl (C=O) groups excluding carboxylic acids is 2. The molecule has 2 amide bonds. The lowest BCUT2D eigenvalue weighted by atomic mass is 10.2. The van der Waals surface area contributed by atoms with E-state index in [-0.39, 0.29) is 29.9 Å². The van der Waals surface area contributed by atoms with E-state index in [0.717, 1.165) is 11.3 Å². The molecule has 0 atom stereocenters. The molecule has 0 bridgehead atoms. The fraction of sp³-hybridized carbons (Fsp3) is 0.364. The van der Waals surface area contributed by atoms with Gasteiger partial charge in [-0.15, -0.1) is 0 Å². The predicted octanol–water partition coefficient (Wildman–Crippen LogP) is 2.22. The number of aromatic hydroxyl groups is 1. The molecule has 1 aliphatic rings. The number of nitrogens with zero attached hydrogens (tertiary/aromatic N) is 2. The highest BCUT2D eigenvalue weighted by Crippen LogP contribution is 2.24. The van der Waals surface area contributed by atoms with Crippen molar-refractivity contribution >= 4 is 11.8 Å². The van der Waals surface area contributed by atoms with Gasteiger partial charge in [0.05, 0.1) is 13.0 Å². The minimum absolute atomic E-state index is 0.00333. The summed E-state index contributed by atoms with van der Waals surface area (Å²) in [5, 5.41) is 9.68. The molecule has 1 N–H and O–H groups in total. The number of amides is 2. The molecule has 0 unspecified atom stereocenters. The maximum absolute atomic E-state index is 12.4. The second-order valence-electron chi connectivity index (χ2n) is 6.93. The van der Waals surface area contributed by atoms with Gasteiger partial charge in [-0.3, -0.25) is 9.59 Å². The summed E-state index contributed by atoms with van der Waals surface area (Å²) in [6, 6.07) is 14.3. The van der Waals surface area contributed by atoms with Crippen molar-refractivity contribution in [3.8, 4) is 17.2 Å². The lowest BCUT2D eigenvalue weighted by Gasteiger charge is -2.34. The van der Waals surface area contributed by atoms with Crippen LogP contribution in [0.1, 0.15) is 12.0 Å². The molecule has 0 spiro atoms. The van der Waals surface area contributed by atoms with Gasteiger partial charge in [-0.25, -0.2) is 0 Å². The van der Waals surface area contributed by atoms with Crippen LogP contribution in [0, 0.1) is 6.92 Å². The summed E-state index contributed by atoms with van der Waals surface area (Å²) in [6.07, 6.45) is 0.304. The standard InChI is InChI=1S/C22H26N2O5/c1-17-5-4-6-18(15-17)28-14-9-21(26)23-10-12-24(13-11-23)22(27)16-29-20-8-3-2-7-19(20)25/h2-8,15,25H,9-14,16H2,1H3. The Hall–Kier alpha value is -3.22. The van der Waals surface area contributed by atoms with Gasteiger partial charge in [0.15, 0.2) is 18.1 Å². The highest BCUT2D eigenvalue weighted by Gasteiger charge is 2.24. The Bertz CT molecular complexity index is 847. The first kappa shape index (κ1) is 20.5. The minimum Gasteiger partial charge on any atom is -0.504 e. The average Bonchev–Trinajstić information content (AvgIpc) is 2.73. The van der Waals surface area contributed by atoms with E-state index < -0.39 is 0 Å². The number of hydrogen-bond donors (Lipinski definition) is 1. The number of para-hydroxylation sites is 2. The smallest absolute Gasteiger partial charge is 0.260 e. The number of carbonyl (C=O) groups is 2. The largest absolute Gasteiger partial charge is 0.504 e. The fourth-order valence-corrected chi connectivity index (χ4v) is 3.13. The molecule has 2 aromatic carbocycles. The summed E-state index contributed by atoms with van der Waals surface area (Å²) in [5.41, 5.74) is 1.11. The Kier molecular flexibility index (Phi) is 6.94. The van der Waals surface area contributed by atoms with E-state index in [4.69, 9.17) is 9.47 Å². The van der Waals surface area contributed by atoms with E-state index in [9.17, 15) is 14.7 Å². The van der Waals surface area contributed by atoms with Gasteiger partial charge in [0, 0.05) is 26.2 Å². The van der Waals surface area contributed by atoms with Gasteiger partial charge in [-0.2, -0.15) is 0 Å². The summed E-state index contributed by atoms with van der Waals surface area (Å²) in [4.78, 5) is 28.1. The Balaban J connectivity index is 1.37. The van der Waals surface area contributed by atoms with Crippen molar-refractivity contribution in [3.05, 3.63) is 54.1 Å². The number of hydrogen-bond acceptors (Lipinski definition) is 5. The van der Waals surface area contributed by atoms with Crippen LogP contribution in [0.4, 0.5) is 0 Å². The van der Waals surface area contributed by atoms with Crippen molar-refractivity contribution in [2.75, 3.05) is 39.4 Å². The lowest BCUT2D eigenvalue weighted by Crippen LogP contribution is -2.51. The van der Waals surface area contributed by atoms with Crippen molar-refractivity contribution < 1.29 is 24.2 Å². The fourth-order valence-electron chi connectivity index (χ4n) is 3.13. The SMILES string of the molecule is Cc1cccc(OCCC(=O)N2CCN(C(=O)COc3ccccc3O)CC2)c1. The van der Waals surface area contributed by atoms with Gasteiger partial charge in [-0.05, 0) is 36.8 Å². The summed E-state index contributed by atoms with van der Waals surface area (Å²) >= 11 is 0. The van der Waals surface area contributed by atoms with Crippen LogP contribution < -0.4 is 9.47 Å². The summed E-state index contributed by atoms with van der Waals surface area (Å²) in [7, 11) is 0. The van der Waals surface area contributed by atoms with Crippen molar-refractivity contribution in [2.45, 2.75) is 13.3 Å². The van der Waals surface area contributed by atoms with Crippen molar-refractivity contribution in [3.63, 3.8) is 0 Å². The molecule has 1 saturated heterocycles. The predicted molar refractivity (Wildman–Crippen MR) is 108 cm³/mol. The van der Waals surface area contributed by atoms with Crippen LogP contribution in [0.5, 0.6) is 17.2 Å². The third-order valence-corrected chi connectivity index (χ3v) is 4.78. The van der Waals surface area contributed by atoms with Gasteiger partial charge in [0.2, 0.25) is 5.91 Å². The van der Waals surface area contributed by atoms with E-state index in [1.54, 1.807) is 28.0 Å². The summed E-state index contributed by atoms with van der Waals surface area (Å²) in [6.45, 7) is 4.09. The topological polar surface area (TPSA) is 79.3 Å². The van der Waals surface area contributed by atoms with Crippen LogP contribution in [0.25, 0.3) is 0 Å². The highest BCUT2D eigenvalue weighted by atomic mass is 16.5. The first-order valence-electron chi connectivity index (χ1n) is 9.69. The number of rotatable bonds is 7. The Labute approximate surface area is 170 Å². The van der Waals surface area contributed by atoms with Gasteiger partial charge in [0.1, 0.15) is 5.75 Å². The highest BCUT2D eigenvalue weighted by molar-refractivity contribution is 5.79. The van der Waals surface area contributed by atoms with Gasteiger partial charge in [0.25, 0.3) is 5.91 Å². The second-order valence-corrected chi connectivity index (χ2v) is 6.93. The van der Waals surface area contributed by atoms with E-state index >= 15 is 0 Å². The Morgan fingerprint density at radius 1 is 0.931 bits per heavy atom. The molecule has 0 aromatic heterocycles. The quantitative estimate of drug-likeness (QED) is 0.774. The molecule has 1 heterocycles. The van der Waals surface area contributed by atoms with E-state index in [0.29, 0.717) is 39.2 Å². The number of piperazine rings is 1. The van der Waals surface area contributed by atoms with E-state index in [1.165, 1.54) is 6.07 Å². The van der Waals surface area contributed by atoms with Gasteiger partial charge < -0.3 is 24.4 Å². The van der Waals surface area contributed by atoms with Crippen LogP contribution in [0.3, 0.4) is 0 Å². The van der Waals surface area contributed by atoms with Crippen LogP contribution in [-0.4, -0.2) is 66.1 Å². The molecule has 2 aromatic rings. The van der Waals surface area contributed by atoms with Crippen molar-refractivity contribution in [1.29, 1.82) is 0 Å². The molecular weight excluding hydrogens is 372 g/mol. The summed E-state index contributed by atoms with van der Waals surface area (Å²) < 4.78 is 11.0. The summed E-state index contributed by atoms with van der Waals surface area (Å²) in [5.74, 6) is 0.905. The van der Waals surface area contributed by atoms with Gasteiger partial charge in [-0.1, -0.05) is 24.3 Å². The lowest BCUT2D eigenvalue weighted by molar-refractivity contribution is -0.141. The second kappa shape index (κ2) is 9.82. The van der Waals surface area contributed by atoms with Crippen LogP contribution in [0.2, 0.25) is 0 Å². The molecular formula is C22H26N2O5. The minimum atomic E-state index is -0.164. The molecule has 0 saturated carbocycles. The monoisotopic (exact) mass is 398 g/mol. The molecule has 7 heteroatoms. The first-order chi connectivity index (χ1) is 14.0. The first-order valence-corrected chi connectivity index (χ1v) is 9.69. The number of phenols is 1. The number of aryl methyl sites for hydroxylation is 1. The third-order valence-electron chi connectivity index (χ3n) is 4.78. The molecule has 7 nitrogen and oxygen atoms in total. The maximum Gasteiger partial charge on any atom is 0.260 e. The maximum atomic E-state index is 12.4. The molecule has 0 radical (unpaired) electrons. The number of ether oxygens (including phenoxy) is 2. The number of benzene rings is 2. The molecule has 3 rings (SSSR count). The molecule has 1 aliphatic heterocycles. The average molecular weight is 398 g/mol. The third kappa shape index (κ3) is 5.88. The number of phenolic OH excluding ortho intramolecular Hbond substituents is 1. The zero-order valence-electron chi connectivity index (χ0n) is 16.5. The molecule has 154 valence electrons. The van der Waals surface area contributed by atoms with Crippen LogP contribution in [-0.2, 0) is 9.59 Å². The normalized spacial score (nSPS) is 13.8. The Morgan fingerprint density at radius 2 is 1.62 bits per heavy atom. The molecule has 1 fully saturated rings. The zero-order valence-corrected chi connectivity index (χ0v) is 16.5. The van der Waals surface area contributed by atoms with E-state index in [1.807, 2.05) is 31.2 Å². The zero-order chi connectivity index (χ0) is 20.6. The van der Waals surface area contributed by atoms with Gasteiger partial charge >= 0.3 is 0 Å².